The Hall–Kier alpha value is -2.27. The van der Waals surface area contributed by atoms with Crippen LogP contribution in [0.1, 0.15) is 24.5 Å². The molecule has 0 heterocycles. The second-order valence-electron chi connectivity index (χ2n) is 5.88. The van der Waals surface area contributed by atoms with E-state index in [1.54, 1.807) is 36.0 Å². The number of hydrogen-bond acceptors (Lipinski definition) is 3. The van der Waals surface area contributed by atoms with E-state index >= 15 is 0 Å². The zero-order valence-corrected chi connectivity index (χ0v) is 14.4. The molecule has 2 aromatic rings. The fourth-order valence-corrected chi connectivity index (χ4v) is 3.58. The van der Waals surface area contributed by atoms with Crippen LogP contribution in [0.2, 0.25) is 0 Å². The lowest BCUT2D eigenvalue weighted by Gasteiger charge is -2.08. The van der Waals surface area contributed by atoms with Crippen LogP contribution in [0.5, 0.6) is 0 Å². The molecule has 0 atom stereocenters. The Morgan fingerprint density at radius 2 is 1.62 bits per heavy atom. The Labute approximate surface area is 146 Å². The van der Waals surface area contributed by atoms with Gasteiger partial charge in [-0.1, -0.05) is 6.07 Å². The molecule has 24 heavy (non-hydrogen) atoms. The average molecular weight is 340 g/mol. The van der Waals surface area contributed by atoms with Gasteiger partial charge in [-0.05, 0) is 66.8 Å². The molecule has 1 aliphatic rings. The van der Waals surface area contributed by atoms with E-state index < -0.39 is 0 Å². The summed E-state index contributed by atoms with van der Waals surface area (Å²) in [6, 6.07) is 13.6. The molecule has 0 unspecified atom stereocenters. The van der Waals surface area contributed by atoms with Gasteiger partial charge in [0.25, 0.3) is 0 Å². The minimum atomic E-state index is -0.113. The number of carbonyl (C=O) groups is 2. The minimum Gasteiger partial charge on any atom is -0.326 e. The molecule has 3 rings (SSSR count). The van der Waals surface area contributed by atoms with E-state index in [-0.39, 0.29) is 11.8 Å². The highest BCUT2D eigenvalue weighted by atomic mass is 32.2. The summed E-state index contributed by atoms with van der Waals surface area (Å²) in [4.78, 5) is 24.2. The Kier molecular flexibility index (Phi) is 5.20. The monoisotopic (exact) mass is 340 g/mol. The number of aryl methyl sites for hydroxylation is 2. The van der Waals surface area contributed by atoms with Gasteiger partial charge >= 0.3 is 0 Å². The zero-order chi connectivity index (χ0) is 16.9. The van der Waals surface area contributed by atoms with E-state index in [2.05, 4.69) is 28.8 Å². The largest absolute Gasteiger partial charge is 0.326 e. The van der Waals surface area contributed by atoms with E-state index in [9.17, 15) is 9.59 Å². The Morgan fingerprint density at radius 3 is 2.33 bits per heavy atom. The fraction of sp³-hybridized carbons (Fsp3) is 0.263. The third-order valence-electron chi connectivity index (χ3n) is 3.93. The average Bonchev–Trinajstić information content (AvgIpc) is 3.02. The summed E-state index contributed by atoms with van der Waals surface area (Å²) < 4.78 is 0. The predicted molar refractivity (Wildman–Crippen MR) is 98.6 cm³/mol. The highest BCUT2D eigenvalue weighted by molar-refractivity contribution is 8.00. The second-order valence-corrected chi connectivity index (χ2v) is 6.93. The number of carbonyl (C=O) groups excluding carboxylic acids is 2. The Bertz CT molecular complexity index is 756. The molecular formula is C19H20N2O2S. The molecule has 0 aromatic heterocycles. The first kappa shape index (κ1) is 16.6. The molecule has 5 heteroatoms. The number of anilines is 2. The van der Waals surface area contributed by atoms with E-state index in [1.807, 2.05) is 0 Å². The smallest absolute Gasteiger partial charge is 0.234 e. The summed E-state index contributed by atoms with van der Waals surface area (Å²) in [5, 5.41) is 5.57. The van der Waals surface area contributed by atoms with Gasteiger partial charge in [0, 0.05) is 23.2 Å². The SMILES string of the molecule is CC(=O)Nc1ccc(NC(=O)CSc2ccc3c(c2)CCC3)cc1. The van der Waals surface area contributed by atoms with Gasteiger partial charge in [0.2, 0.25) is 11.8 Å². The maximum absolute atomic E-state index is 12.1. The molecule has 0 saturated heterocycles. The van der Waals surface area contributed by atoms with Gasteiger partial charge in [-0.2, -0.15) is 0 Å². The number of benzene rings is 2. The van der Waals surface area contributed by atoms with E-state index in [0.29, 0.717) is 11.4 Å². The number of nitrogens with one attached hydrogen (secondary N) is 2. The van der Waals surface area contributed by atoms with E-state index in [1.165, 1.54) is 30.9 Å². The number of hydrogen-bond donors (Lipinski definition) is 2. The number of rotatable bonds is 5. The van der Waals surface area contributed by atoms with Crippen molar-refractivity contribution in [3.05, 3.63) is 53.6 Å². The van der Waals surface area contributed by atoms with Gasteiger partial charge in [0.1, 0.15) is 0 Å². The van der Waals surface area contributed by atoms with Crippen LogP contribution in [0.25, 0.3) is 0 Å². The first-order valence-electron chi connectivity index (χ1n) is 8.02. The van der Waals surface area contributed by atoms with Crippen LogP contribution in [-0.4, -0.2) is 17.6 Å². The lowest BCUT2D eigenvalue weighted by atomic mass is 10.1. The van der Waals surface area contributed by atoms with Crippen LogP contribution in [0.3, 0.4) is 0 Å². The third kappa shape index (κ3) is 4.38. The van der Waals surface area contributed by atoms with Gasteiger partial charge < -0.3 is 10.6 Å². The van der Waals surface area contributed by atoms with Crippen LogP contribution in [0.15, 0.2) is 47.4 Å². The molecular weight excluding hydrogens is 320 g/mol. The highest BCUT2D eigenvalue weighted by Crippen LogP contribution is 2.27. The van der Waals surface area contributed by atoms with Crippen molar-refractivity contribution in [1.82, 2.24) is 0 Å². The molecule has 0 saturated carbocycles. The molecule has 0 fully saturated rings. The van der Waals surface area contributed by atoms with E-state index in [0.717, 1.165) is 17.0 Å². The normalized spacial score (nSPS) is 12.5. The number of amides is 2. The van der Waals surface area contributed by atoms with Crippen molar-refractivity contribution in [1.29, 1.82) is 0 Å². The standard InChI is InChI=1S/C19H20N2O2S/c1-13(22)20-16-6-8-17(9-7-16)21-19(23)12-24-18-10-5-14-3-2-4-15(14)11-18/h5-11H,2-4,12H2,1H3,(H,20,22)(H,21,23). The van der Waals surface area contributed by atoms with Crippen LogP contribution in [-0.2, 0) is 22.4 Å². The van der Waals surface area contributed by atoms with Crippen LogP contribution >= 0.6 is 11.8 Å². The molecule has 2 N–H and O–H groups in total. The van der Waals surface area contributed by atoms with Crippen LogP contribution in [0.4, 0.5) is 11.4 Å². The first-order valence-corrected chi connectivity index (χ1v) is 9.01. The summed E-state index contributed by atoms with van der Waals surface area (Å²) in [6.07, 6.45) is 3.56. The van der Waals surface area contributed by atoms with Gasteiger partial charge in [0.05, 0.1) is 5.75 Å². The van der Waals surface area contributed by atoms with Crippen LogP contribution in [0, 0.1) is 0 Å². The maximum Gasteiger partial charge on any atom is 0.234 e. The second kappa shape index (κ2) is 7.53. The highest BCUT2D eigenvalue weighted by Gasteiger charge is 2.11. The summed E-state index contributed by atoms with van der Waals surface area (Å²) in [6.45, 7) is 1.46. The van der Waals surface area contributed by atoms with Crippen molar-refractivity contribution in [2.45, 2.75) is 31.1 Å². The lowest BCUT2D eigenvalue weighted by molar-refractivity contribution is -0.114. The van der Waals surface area contributed by atoms with Crippen molar-refractivity contribution in [2.24, 2.45) is 0 Å². The lowest BCUT2D eigenvalue weighted by Crippen LogP contribution is -2.14. The number of thioether (sulfide) groups is 1. The van der Waals surface area contributed by atoms with Gasteiger partial charge in [-0.15, -0.1) is 11.8 Å². The summed E-state index contributed by atoms with van der Waals surface area (Å²) in [5.74, 6) is 0.233. The van der Waals surface area contributed by atoms with Crippen molar-refractivity contribution in [3.8, 4) is 0 Å². The quantitative estimate of drug-likeness (QED) is 0.813. The summed E-state index contributed by atoms with van der Waals surface area (Å²) in [5.41, 5.74) is 4.31. The van der Waals surface area contributed by atoms with Crippen LogP contribution < -0.4 is 10.6 Å². The third-order valence-corrected chi connectivity index (χ3v) is 4.92. The van der Waals surface area contributed by atoms with Crippen molar-refractivity contribution >= 4 is 35.0 Å². The molecule has 0 bridgehead atoms. The molecule has 2 amide bonds. The summed E-state index contributed by atoms with van der Waals surface area (Å²) >= 11 is 1.56. The maximum atomic E-state index is 12.1. The minimum absolute atomic E-state index is 0.0345. The molecule has 0 spiro atoms. The predicted octanol–water partition coefficient (Wildman–Crippen LogP) is 3.86. The van der Waals surface area contributed by atoms with E-state index in [4.69, 9.17) is 0 Å². The van der Waals surface area contributed by atoms with Crippen molar-refractivity contribution in [3.63, 3.8) is 0 Å². The summed E-state index contributed by atoms with van der Waals surface area (Å²) in [7, 11) is 0. The molecule has 2 aromatic carbocycles. The molecule has 1 aliphatic carbocycles. The van der Waals surface area contributed by atoms with Crippen molar-refractivity contribution < 1.29 is 9.59 Å². The molecule has 4 nitrogen and oxygen atoms in total. The molecule has 124 valence electrons. The van der Waals surface area contributed by atoms with Gasteiger partial charge in [-0.25, -0.2) is 0 Å². The number of fused-ring (bicyclic) bond motifs is 1. The van der Waals surface area contributed by atoms with Gasteiger partial charge in [0.15, 0.2) is 0 Å². The Morgan fingerprint density at radius 1 is 0.958 bits per heavy atom. The topological polar surface area (TPSA) is 58.2 Å². The van der Waals surface area contributed by atoms with Gasteiger partial charge in [-0.3, -0.25) is 9.59 Å². The zero-order valence-electron chi connectivity index (χ0n) is 13.6. The molecule has 0 radical (unpaired) electrons. The first-order chi connectivity index (χ1) is 11.6. The Balaban J connectivity index is 1.51. The fourth-order valence-electron chi connectivity index (χ4n) is 2.82. The molecule has 0 aliphatic heterocycles. The van der Waals surface area contributed by atoms with Crippen molar-refractivity contribution in [2.75, 3.05) is 16.4 Å².